The monoisotopic (exact) mass is 242 g/mol. The number of rotatable bonds is 6. The fourth-order valence-corrected chi connectivity index (χ4v) is 1.82. The Morgan fingerprint density at radius 2 is 1.53 bits per heavy atom. The predicted molar refractivity (Wildman–Crippen MR) is 78.5 cm³/mol. The largest absolute Gasteiger partial charge is 0.312 e. The lowest BCUT2D eigenvalue weighted by atomic mass is 9.93. The van der Waals surface area contributed by atoms with E-state index in [0.29, 0.717) is 12.0 Å². The predicted octanol–water partition coefficient (Wildman–Crippen LogP) is 3.52. The van der Waals surface area contributed by atoms with Gasteiger partial charge in [-0.25, -0.2) is 0 Å². The van der Waals surface area contributed by atoms with Gasteiger partial charge in [0.2, 0.25) is 0 Å². The van der Waals surface area contributed by atoms with Crippen LogP contribution in [0.1, 0.15) is 61.8 Å². The molecule has 0 spiro atoms. The molecule has 2 unspecified atom stereocenters. The molecule has 0 saturated carbocycles. The second kappa shape index (κ2) is 6.19. The molecule has 0 aromatic heterocycles. The normalized spacial score (nSPS) is 17.3. The summed E-state index contributed by atoms with van der Waals surface area (Å²) in [6.07, 6.45) is 1.19. The molecule has 0 saturated heterocycles. The lowest BCUT2D eigenvalue weighted by Crippen LogP contribution is -2.51. The highest BCUT2D eigenvalue weighted by atomic mass is 15.2. The fourth-order valence-electron chi connectivity index (χ4n) is 1.82. The van der Waals surface area contributed by atoms with Crippen molar-refractivity contribution in [2.75, 3.05) is 13.6 Å². The maximum Gasteiger partial charge on any atom is 0.0150 e. The Labute approximate surface area is 109 Å². The second-order valence-electron chi connectivity index (χ2n) is 7.13. The van der Waals surface area contributed by atoms with Crippen LogP contribution in [0.25, 0.3) is 0 Å². The van der Waals surface area contributed by atoms with E-state index in [0.717, 1.165) is 6.54 Å². The Hall–Kier alpha value is -0.0800. The maximum atomic E-state index is 3.60. The van der Waals surface area contributed by atoms with E-state index in [1.807, 2.05) is 0 Å². The highest BCUT2D eigenvalue weighted by molar-refractivity contribution is 4.85. The van der Waals surface area contributed by atoms with Gasteiger partial charge in [0.25, 0.3) is 0 Å². The molecule has 0 amide bonds. The van der Waals surface area contributed by atoms with Crippen LogP contribution in [0.15, 0.2) is 0 Å². The van der Waals surface area contributed by atoms with Crippen LogP contribution < -0.4 is 5.32 Å². The van der Waals surface area contributed by atoms with Crippen molar-refractivity contribution in [1.82, 2.24) is 10.2 Å². The minimum Gasteiger partial charge on any atom is -0.312 e. The topological polar surface area (TPSA) is 15.3 Å². The van der Waals surface area contributed by atoms with E-state index in [1.165, 1.54) is 6.42 Å². The van der Waals surface area contributed by atoms with Crippen molar-refractivity contribution in [2.24, 2.45) is 5.92 Å². The zero-order valence-corrected chi connectivity index (χ0v) is 13.5. The van der Waals surface area contributed by atoms with Gasteiger partial charge >= 0.3 is 0 Å². The summed E-state index contributed by atoms with van der Waals surface area (Å²) in [7, 11) is 2.25. The van der Waals surface area contributed by atoms with Crippen molar-refractivity contribution in [1.29, 1.82) is 0 Å². The van der Waals surface area contributed by atoms with Gasteiger partial charge < -0.3 is 5.32 Å². The Bertz CT molecular complexity index is 215. The molecule has 0 aliphatic rings. The molecule has 104 valence electrons. The number of hydrogen-bond donors (Lipinski definition) is 1. The molecule has 17 heavy (non-hydrogen) atoms. The van der Waals surface area contributed by atoms with E-state index in [1.54, 1.807) is 0 Å². The third-order valence-electron chi connectivity index (χ3n) is 4.21. The van der Waals surface area contributed by atoms with Gasteiger partial charge in [0.1, 0.15) is 0 Å². The SMILES string of the molecule is CCC(C)(C)N(C)C(C)C(C)CNC(C)(C)C. The van der Waals surface area contributed by atoms with Crippen molar-refractivity contribution in [3.63, 3.8) is 0 Å². The highest BCUT2D eigenvalue weighted by Crippen LogP contribution is 2.22. The first-order chi connectivity index (χ1) is 7.51. The molecule has 0 aliphatic heterocycles. The smallest absolute Gasteiger partial charge is 0.0150 e. The minimum atomic E-state index is 0.215. The van der Waals surface area contributed by atoms with Gasteiger partial charge in [-0.05, 0) is 67.5 Å². The average molecular weight is 242 g/mol. The standard InChI is InChI=1S/C15H34N2/c1-10-15(7,8)17(9)13(3)12(2)11-16-14(4,5)6/h12-13,16H,10-11H2,1-9H3. The Morgan fingerprint density at radius 1 is 1.06 bits per heavy atom. The zero-order chi connectivity index (χ0) is 13.9. The van der Waals surface area contributed by atoms with Crippen LogP contribution in [-0.4, -0.2) is 35.6 Å². The number of nitrogens with one attached hydrogen (secondary N) is 1. The molecule has 0 radical (unpaired) electrons. The average Bonchev–Trinajstić information content (AvgIpc) is 2.22. The summed E-state index contributed by atoms with van der Waals surface area (Å²) in [6.45, 7) is 19.4. The Kier molecular flexibility index (Phi) is 6.16. The van der Waals surface area contributed by atoms with E-state index in [4.69, 9.17) is 0 Å². The summed E-state index contributed by atoms with van der Waals surface area (Å²) >= 11 is 0. The van der Waals surface area contributed by atoms with E-state index in [2.05, 4.69) is 72.7 Å². The molecular formula is C15H34N2. The lowest BCUT2D eigenvalue weighted by molar-refractivity contribution is 0.0751. The number of hydrogen-bond acceptors (Lipinski definition) is 2. The Balaban J connectivity index is 4.35. The summed E-state index contributed by atoms with van der Waals surface area (Å²) in [5, 5.41) is 3.60. The van der Waals surface area contributed by atoms with Crippen LogP contribution in [0, 0.1) is 5.92 Å². The molecule has 0 fully saturated rings. The molecular weight excluding hydrogens is 208 g/mol. The molecule has 2 heteroatoms. The maximum absolute atomic E-state index is 3.60. The quantitative estimate of drug-likeness (QED) is 0.766. The van der Waals surface area contributed by atoms with Gasteiger partial charge in [-0.3, -0.25) is 4.90 Å². The van der Waals surface area contributed by atoms with Crippen molar-refractivity contribution in [2.45, 2.75) is 78.9 Å². The van der Waals surface area contributed by atoms with Crippen LogP contribution in [0.4, 0.5) is 0 Å². The third-order valence-corrected chi connectivity index (χ3v) is 4.21. The first-order valence-electron chi connectivity index (χ1n) is 6.99. The third kappa shape index (κ3) is 5.87. The van der Waals surface area contributed by atoms with Gasteiger partial charge in [-0.15, -0.1) is 0 Å². The molecule has 2 atom stereocenters. The zero-order valence-electron chi connectivity index (χ0n) is 13.5. The van der Waals surface area contributed by atoms with Gasteiger partial charge in [0.05, 0.1) is 0 Å². The summed E-state index contributed by atoms with van der Waals surface area (Å²) in [4.78, 5) is 2.52. The first kappa shape index (κ1) is 16.9. The molecule has 0 heterocycles. The van der Waals surface area contributed by atoms with Crippen molar-refractivity contribution >= 4 is 0 Å². The van der Waals surface area contributed by atoms with Gasteiger partial charge in [-0.2, -0.15) is 0 Å². The fraction of sp³-hybridized carbons (Fsp3) is 1.00. The van der Waals surface area contributed by atoms with Crippen LogP contribution in [0.3, 0.4) is 0 Å². The van der Waals surface area contributed by atoms with Crippen molar-refractivity contribution < 1.29 is 0 Å². The van der Waals surface area contributed by atoms with Crippen molar-refractivity contribution in [3.05, 3.63) is 0 Å². The van der Waals surface area contributed by atoms with Crippen LogP contribution in [-0.2, 0) is 0 Å². The Morgan fingerprint density at radius 3 is 1.88 bits per heavy atom. The summed E-state index contributed by atoms with van der Waals surface area (Å²) in [5.74, 6) is 0.657. The van der Waals surface area contributed by atoms with E-state index in [-0.39, 0.29) is 11.1 Å². The molecule has 0 aliphatic carbocycles. The summed E-state index contributed by atoms with van der Waals surface area (Å²) in [5.41, 5.74) is 0.502. The lowest BCUT2D eigenvalue weighted by Gasteiger charge is -2.42. The van der Waals surface area contributed by atoms with Crippen molar-refractivity contribution in [3.8, 4) is 0 Å². The summed E-state index contributed by atoms with van der Waals surface area (Å²) < 4.78 is 0. The van der Waals surface area contributed by atoms with Gasteiger partial charge in [0, 0.05) is 17.1 Å². The first-order valence-corrected chi connectivity index (χ1v) is 6.99. The molecule has 2 nitrogen and oxygen atoms in total. The van der Waals surface area contributed by atoms with Crippen LogP contribution >= 0.6 is 0 Å². The molecule has 0 aromatic rings. The molecule has 1 N–H and O–H groups in total. The summed E-state index contributed by atoms with van der Waals surface area (Å²) in [6, 6.07) is 0.597. The number of nitrogens with zero attached hydrogens (tertiary/aromatic N) is 1. The van der Waals surface area contributed by atoms with Crippen LogP contribution in [0.2, 0.25) is 0 Å². The van der Waals surface area contributed by atoms with E-state index >= 15 is 0 Å². The molecule has 0 rings (SSSR count). The highest BCUT2D eigenvalue weighted by Gasteiger charge is 2.28. The van der Waals surface area contributed by atoms with E-state index < -0.39 is 0 Å². The minimum absolute atomic E-state index is 0.215. The van der Waals surface area contributed by atoms with E-state index in [9.17, 15) is 0 Å². The van der Waals surface area contributed by atoms with Gasteiger partial charge in [0.15, 0.2) is 0 Å². The molecule has 0 aromatic carbocycles. The second-order valence-corrected chi connectivity index (χ2v) is 7.13. The van der Waals surface area contributed by atoms with Crippen LogP contribution in [0.5, 0.6) is 0 Å². The molecule has 0 bridgehead atoms. The van der Waals surface area contributed by atoms with Gasteiger partial charge in [-0.1, -0.05) is 13.8 Å².